The maximum absolute atomic E-state index is 12.5. The van der Waals surface area contributed by atoms with Crippen molar-refractivity contribution < 1.29 is 9.59 Å². The smallest absolute Gasteiger partial charge is 0.254 e. The van der Waals surface area contributed by atoms with Crippen LogP contribution in [0.5, 0.6) is 0 Å². The number of hydrogen-bond donors (Lipinski definition) is 1. The number of anilines is 1. The molecule has 0 radical (unpaired) electrons. The third-order valence-corrected chi connectivity index (χ3v) is 4.35. The van der Waals surface area contributed by atoms with Crippen LogP contribution in [-0.2, 0) is 11.2 Å². The van der Waals surface area contributed by atoms with Crippen LogP contribution in [0, 0.1) is 6.92 Å². The molecule has 0 unspecified atom stereocenters. The summed E-state index contributed by atoms with van der Waals surface area (Å²) in [6.45, 7) is 6.29. The second-order valence-electron chi connectivity index (χ2n) is 5.21. The van der Waals surface area contributed by atoms with Crippen LogP contribution in [0.25, 0.3) is 0 Å². The largest absolute Gasteiger partial charge is 0.330 e. The van der Waals surface area contributed by atoms with Crippen LogP contribution in [-0.4, -0.2) is 34.8 Å². The van der Waals surface area contributed by atoms with Gasteiger partial charge in [0.25, 0.3) is 5.91 Å². The second-order valence-corrected chi connectivity index (χ2v) is 6.07. The van der Waals surface area contributed by atoms with Crippen LogP contribution in [0.3, 0.4) is 0 Å². The first-order chi connectivity index (χ1) is 11.0. The van der Waals surface area contributed by atoms with E-state index in [1.165, 1.54) is 21.8 Å². The third kappa shape index (κ3) is 4.63. The van der Waals surface area contributed by atoms with Crippen LogP contribution in [0.2, 0.25) is 0 Å². The molecule has 0 fully saturated rings. The number of rotatable bonds is 6. The van der Waals surface area contributed by atoms with Crippen molar-refractivity contribution in [2.24, 2.45) is 0 Å². The van der Waals surface area contributed by atoms with Gasteiger partial charge in [-0.2, -0.15) is 0 Å². The summed E-state index contributed by atoms with van der Waals surface area (Å²) in [6.07, 6.45) is 0.932. The molecule has 0 saturated carbocycles. The molecule has 0 aliphatic heterocycles. The van der Waals surface area contributed by atoms with Crippen LogP contribution < -0.4 is 5.32 Å². The standard InChI is InChI=1S/C17H21N3O2S/c1-4-13-6-8-14(9-7-13)16(22)20(5-2)10-15(21)19-17-18-12(3)11-23-17/h6-9,11H,4-5,10H2,1-3H3,(H,18,19,21). The number of amides is 2. The van der Waals surface area contributed by atoms with Crippen molar-refractivity contribution >= 4 is 28.3 Å². The number of hydrogen-bond acceptors (Lipinski definition) is 4. The van der Waals surface area contributed by atoms with Crippen molar-refractivity contribution in [1.29, 1.82) is 0 Å². The fraction of sp³-hybridized carbons (Fsp3) is 0.353. The molecule has 6 heteroatoms. The van der Waals surface area contributed by atoms with Crippen molar-refractivity contribution in [3.63, 3.8) is 0 Å². The minimum Gasteiger partial charge on any atom is -0.330 e. The fourth-order valence-electron chi connectivity index (χ4n) is 2.14. The minimum absolute atomic E-state index is 0.0174. The summed E-state index contributed by atoms with van der Waals surface area (Å²) >= 11 is 1.37. The maximum atomic E-state index is 12.5. The van der Waals surface area contributed by atoms with E-state index < -0.39 is 0 Å². The van der Waals surface area contributed by atoms with Gasteiger partial charge in [0, 0.05) is 17.5 Å². The Morgan fingerprint density at radius 1 is 1.22 bits per heavy atom. The van der Waals surface area contributed by atoms with Crippen molar-refractivity contribution in [1.82, 2.24) is 9.88 Å². The van der Waals surface area contributed by atoms with Gasteiger partial charge in [0.05, 0.1) is 5.69 Å². The molecule has 1 heterocycles. The first kappa shape index (κ1) is 17.1. The first-order valence-electron chi connectivity index (χ1n) is 7.63. The molecule has 0 bridgehead atoms. The lowest BCUT2D eigenvalue weighted by Gasteiger charge is -2.20. The third-order valence-electron chi connectivity index (χ3n) is 3.48. The van der Waals surface area contributed by atoms with Crippen LogP contribution in [0.1, 0.15) is 35.5 Å². The Bertz CT molecular complexity index is 679. The highest BCUT2D eigenvalue weighted by Crippen LogP contribution is 2.14. The molecule has 23 heavy (non-hydrogen) atoms. The highest BCUT2D eigenvalue weighted by atomic mass is 32.1. The zero-order valence-electron chi connectivity index (χ0n) is 13.6. The van der Waals surface area contributed by atoms with E-state index in [9.17, 15) is 9.59 Å². The van der Waals surface area contributed by atoms with Crippen molar-refractivity contribution in [2.45, 2.75) is 27.2 Å². The number of nitrogens with zero attached hydrogens (tertiary/aromatic N) is 2. The molecule has 122 valence electrons. The summed E-state index contributed by atoms with van der Waals surface area (Å²) in [6, 6.07) is 7.51. The fourth-order valence-corrected chi connectivity index (χ4v) is 2.84. The number of carbonyl (C=O) groups is 2. The average Bonchev–Trinajstić information content (AvgIpc) is 2.96. The molecule has 2 amide bonds. The van der Waals surface area contributed by atoms with E-state index in [0.717, 1.165) is 12.1 Å². The van der Waals surface area contributed by atoms with Crippen molar-refractivity contribution in [2.75, 3.05) is 18.4 Å². The van der Waals surface area contributed by atoms with Gasteiger partial charge in [0.15, 0.2) is 5.13 Å². The van der Waals surface area contributed by atoms with Gasteiger partial charge in [-0.1, -0.05) is 19.1 Å². The lowest BCUT2D eigenvalue weighted by atomic mass is 10.1. The van der Waals surface area contributed by atoms with Crippen LogP contribution in [0.4, 0.5) is 5.13 Å². The quantitative estimate of drug-likeness (QED) is 0.884. The molecule has 0 atom stereocenters. The highest BCUT2D eigenvalue weighted by molar-refractivity contribution is 7.13. The SMILES string of the molecule is CCc1ccc(C(=O)N(CC)CC(=O)Nc2nc(C)cs2)cc1. The zero-order chi connectivity index (χ0) is 16.8. The Morgan fingerprint density at radius 2 is 1.91 bits per heavy atom. The summed E-state index contributed by atoms with van der Waals surface area (Å²) in [5.74, 6) is -0.375. The van der Waals surface area contributed by atoms with Crippen LogP contribution >= 0.6 is 11.3 Å². The number of benzene rings is 1. The van der Waals surface area contributed by atoms with Crippen molar-refractivity contribution in [3.05, 3.63) is 46.5 Å². The zero-order valence-corrected chi connectivity index (χ0v) is 14.4. The molecule has 5 nitrogen and oxygen atoms in total. The van der Waals surface area contributed by atoms with Gasteiger partial charge in [-0.15, -0.1) is 11.3 Å². The van der Waals surface area contributed by atoms with Crippen molar-refractivity contribution in [3.8, 4) is 0 Å². The number of likely N-dealkylation sites (N-methyl/N-ethyl adjacent to an activating group) is 1. The predicted molar refractivity (Wildman–Crippen MR) is 92.9 cm³/mol. The van der Waals surface area contributed by atoms with Gasteiger partial charge in [-0.3, -0.25) is 9.59 Å². The number of aryl methyl sites for hydroxylation is 2. The minimum atomic E-state index is -0.236. The monoisotopic (exact) mass is 331 g/mol. The summed E-state index contributed by atoms with van der Waals surface area (Å²) in [7, 11) is 0. The molecule has 2 aromatic rings. The molecule has 1 aromatic carbocycles. The van der Waals surface area contributed by atoms with E-state index in [4.69, 9.17) is 0 Å². The molecule has 0 aliphatic carbocycles. The molecule has 0 aliphatic rings. The number of thiazole rings is 1. The van der Waals surface area contributed by atoms with E-state index in [-0.39, 0.29) is 18.4 Å². The number of nitrogens with one attached hydrogen (secondary N) is 1. The maximum Gasteiger partial charge on any atom is 0.254 e. The Morgan fingerprint density at radius 3 is 2.43 bits per heavy atom. The van der Waals surface area contributed by atoms with Gasteiger partial charge >= 0.3 is 0 Å². The normalized spacial score (nSPS) is 10.4. The van der Waals surface area contributed by atoms with E-state index in [1.54, 1.807) is 0 Å². The Labute approximate surface area is 140 Å². The van der Waals surface area contributed by atoms with E-state index in [0.29, 0.717) is 17.2 Å². The summed E-state index contributed by atoms with van der Waals surface area (Å²) in [5.41, 5.74) is 2.65. The van der Waals surface area contributed by atoms with Gasteiger partial charge in [-0.05, 0) is 38.0 Å². The lowest BCUT2D eigenvalue weighted by Crippen LogP contribution is -2.37. The molecule has 0 spiro atoms. The second kappa shape index (κ2) is 7.87. The summed E-state index contributed by atoms with van der Waals surface area (Å²) in [4.78, 5) is 30.3. The molecular formula is C17H21N3O2S. The van der Waals surface area contributed by atoms with Gasteiger partial charge < -0.3 is 10.2 Å². The Hall–Kier alpha value is -2.21. The summed E-state index contributed by atoms with van der Waals surface area (Å²) < 4.78 is 0. The molecule has 0 saturated heterocycles. The summed E-state index contributed by atoms with van der Waals surface area (Å²) in [5, 5.41) is 5.15. The number of aromatic nitrogens is 1. The van der Waals surface area contributed by atoms with E-state index >= 15 is 0 Å². The highest BCUT2D eigenvalue weighted by Gasteiger charge is 2.18. The Kier molecular flexibility index (Phi) is 5.87. The molecule has 2 rings (SSSR count). The molecule has 1 N–H and O–H groups in total. The van der Waals surface area contributed by atoms with Gasteiger partial charge in [-0.25, -0.2) is 4.98 Å². The van der Waals surface area contributed by atoms with E-state index in [2.05, 4.69) is 17.2 Å². The topological polar surface area (TPSA) is 62.3 Å². The molecular weight excluding hydrogens is 310 g/mol. The van der Waals surface area contributed by atoms with Crippen LogP contribution in [0.15, 0.2) is 29.6 Å². The first-order valence-corrected chi connectivity index (χ1v) is 8.51. The average molecular weight is 331 g/mol. The van der Waals surface area contributed by atoms with E-state index in [1.807, 2.05) is 43.5 Å². The molecule has 1 aromatic heterocycles. The Balaban J connectivity index is 2.00. The van der Waals surface area contributed by atoms with Gasteiger partial charge in [0.1, 0.15) is 6.54 Å². The lowest BCUT2D eigenvalue weighted by molar-refractivity contribution is -0.116. The van der Waals surface area contributed by atoms with Gasteiger partial charge in [0.2, 0.25) is 5.91 Å². The predicted octanol–water partition coefficient (Wildman–Crippen LogP) is 3.11. The number of carbonyl (C=O) groups excluding carboxylic acids is 2.